The van der Waals surface area contributed by atoms with E-state index in [1.54, 1.807) is 5.01 Å². The van der Waals surface area contributed by atoms with Crippen molar-refractivity contribution in [1.29, 1.82) is 0 Å². The van der Waals surface area contributed by atoms with Crippen molar-refractivity contribution in [3.05, 3.63) is 0 Å². The number of hydrogen-bond donors (Lipinski definition) is 1. The largest absolute Gasteiger partial charge is 0.426 e. The van der Waals surface area contributed by atoms with E-state index in [-0.39, 0.29) is 19.4 Å². The summed E-state index contributed by atoms with van der Waals surface area (Å²) >= 11 is 0. The predicted octanol–water partition coefficient (Wildman–Crippen LogP) is -1.47. The Morgan fingerprint density at radius 3 is 3.00 bits per heavy atom. The van der Waals surface area contributed by atoms with Gasteiger partial charge in [-0.3, -0.25) is 9.80 Å². The first-order valence-corrected chi connectivity index (χ1v) is 4.64. The number of carbonyl (C=O) groups excluding carboxylic acids is 1. The van der Waals surface area contributed by atoms with Crippen LogP contribution in [0.4, 0.5) is 0 Å². The van der Waals surface area contributed by atoms with Gasteiger partial charge in [-0.15, -0.1) is 0 Å². The fourth-order valence-electron chi connectivity index (χ4n) is 1.25. The van der Waals surface area contributed by atoms with Gasteiger partial charge in [0.05, 0.1) is 17.6 Å². The molecule has 0 spiro atoms. The number of nitrogens with zero attached hydrogens (tertiary/aromatic N) is 3. The van der Waals surface area contributed by atoms with Gasteiger partial charge in [0.1, 0.15) is 5.02 Å². The van der Waals surface area contributed by atoms with Crippen molar-refractivity contribution in [2.24, 2.45) is 0 Å². The van der Waals surface area contributed by atoms with Crippen LogP contribution in [0, 0.1) is 0 Å². The lowest BCUT2D eigenvalue weighted by atomic mass is 10.1. The third kappa shape index (κ3) is 2.09. The molecule has 0 bridgehead atoms. The maximum atomic E-state index is 10.4. The number of hydrogen-bond acceptors (Lipinski definition) is 6. The Bertz CT molecular complexity index is 325. The fourth-order valence-corrected chi connectivity index (χ4v) is 1.25. The lowest BCUT2D eigenvalue weighted by Crippen LogP contribution is -2.55. The third-order valence-electron chi connectivity index (χ3n) is 2.23. The molecule has 0 aliphatic carbocycles. The molecule has 0 amide bonds. The second kappa shape index (κ2) is 3.89. The molecule has 1 N–H and O–H groups in total. The molecule has 1 aliphatic heterocycles. The van der Waals surface area contributed by atoms with Gasteiger partial charge < -0.3 is 14.7 Å². The summed E-state index contributed by atoms with van der Waals surface area (Å²) in [6, 6.07) is 0.0762. The van der Waals surface area contributed by atoms with Crippen LogP contribution in [-0.2, 0) is 9.53 Å². The molecule has 1 aliphatic rings. The Labute approximate surface area is 85.4 Å². The first-order valence-electron chi connectivity index (χ1n) is 4.64. The smallest absolute Gasteiger partial charge is 0.305 e. The molecule has 8 heteroatoms. The molecule has 0 aromatic carbocycles. The van der Waals surface area contributed by atoms with E-state index in [9.17, 15) is 4.79 Å². The van der Waals surface area contributed by atoms with Gasteiger partial charge in [-0.05, 0) is 6.42 Å². The average Bonchev–Trinajstić information content (AvgIpc) is 2.82. The van der Waals surface area contributed by atoms with E-state index in [0.29, 0.717) is 0 Å². The molecule has 2 rings (SSSR count). The zero-order chi connectivity index (χ0) is 10.8. The summed E-state index contributed by atoms with van der Waals surface area (Å²) in [6.45, 7) is 1.99. The molecule has 2 heterocycles. The van der Waals surface area contributed by atoms with Gasteiger partial charge in [0.2, 0.25) is 0 Å². The maximum Gasteiger partial charge on any atom is 0.305 e. The Hall–Kier alpha value is -1.57. The standard InChI is InChI=1S/C7H13N3O5/c1-6(12)13-5-14-10-9(15-10)8-3-2-7(8)4-11/h7,11H,2-5H2,1H3/t7-,9?,10?/m0/s1. The van der Waals surface area contributed by atoms with Gasteiger partial charge >= 0.3 is 5.97 Å². The van der Waals surface area contributed by atoms with Crippen molar-refractivity contribution < 1.29 is 24.1 Å². The molecule has 0 saturated carbocycles. The van der Waals surface area contributed by atoms with Crippen LogP contribution < -0.4 is 9.85 Å². The first kappa shape index (κ1) is 9.97. The summed E-state index contributed by atoms with van der Waals surface area (Å²) in [5.74, 6) is -0.416. The SMILES string of the molecule is CC(=O)OCOn1on1N1CC[C@H]1CO. The van der Waals surface area contributed by atoms with Gasteiger partial charge in [-0.2, -0.15) is 4.63 Å². The Balaban J connectivity index is 1.71. The molecule has 0 radical (unpaired) electrons. The van der Waals surface area contributed by atoms with Crippen molar-refractivity contribution in [2.45, 2.75) is 19.4 Å². The summed E-state index contributed by atoms with van der Waals surface area (Å²) < 4.78 is 9.45. The van der Waals surface area contributed by atoms with Crippen molar-refractivity contribution in [3.63, 3.8) is 0 Å². The first-order chi connectivity index (χ1) is 7.22. The molecule has 15 heavy (non-hydrogen) atoms. The van der Waals surface area contributed by atoms with Crippen LogP contribution in [0.3, 0.4) is 0 Å². The number of aliphatic hydroxyl groups is 1. The highest BCUT2D eigenvalue weighted by Gasteiger charge is 2.34. The topological polar surface area (TPSA) is 82.0 Å². The molecule has 1 aromatic heterocycles. The van der Waals surface area contributed by atoms with E-state index < -0.39 is 5.97 Å². The summed E-state index contributed by atoms with van der Waals surface area (Å²) in [7, 11) is 0. The minimum atomic E-state index is -0.416. The maximum absolute atomic E-state index is 10.4. The van der Waals surface area contributed by atoms with Gasteiger partial charge in [0.25, 0.3) is 6.79 Å². The quantitative estimate of drug-likeness (QED) is 0.481. The third-order valence-corrected chi connectivity index (χ3v) is 2.23. The molecule has 1 saturated heterocycles. The molecule has 86 valence electrons. The van der Waals surface area contributed by atoms with Gasteiger partial charge in [-0.1, -0.05) is 0 Å². The molecular formula is C7H13N3O5. The number of carbonyl (C=O) groups is 1. The summed E-state index contributed by atoms with van der Waals surface area (Å²) in [4.78, 5) is 16.7. The minimum Gasteiger partial charge on any atom is -0.426 e. The van der Waals surface area contributed by atoms with Gasteiger partial charge in [-0.25, -0.2) is 0 Å². The molecule has 1 aromatic rings. The van der Waals surface area contributed by atoms with E-state index in [4.69, 9.17) is 14.6 Å². The van der Waals surface area contributed by atoms with E-state index >= 15 is 0 Å². The van der Waals surface area contributed by atoms with Crippen molar-refractivity contribution in [3.8, 4) is 0 Å². The lowest BCUT2D eigenvalue weighted by Gasteiger charge is -2.35. The summed E-state index contributed by atoms with van der Waals surface area (Å²) in [6.07, 6.45) is 0.925. The van der Waals surface area contributed by atoms with E-state index in [1.807, 2.05) is 0 Å². The number of esters is 1. The average molecular weight is 219 g/mol. The van der Waals surface area contributed by atoms with Gasteiger partial charge in [0, 0.05) is 13.5 Å². The lowest BCUT2D eigenvalue weighted by molar-refractivity contribution is -0.156. The fraction of sp³-hybridized carbons (Fsp3) is 0.857. The normalized spacial score (nSPS) is 20.1. The monoisotopic (exact) mass is 219 g/mol. The van der Waals surface area contributed by atoms with E-state index in [1.165, 1.54) is 11.9 Å². The highest BCUT2D eigenvalue weighted by molar-refractivity contribution is 5.65. The van der Waals surface area contributed by atoms with E-state index in [2.05, 4.69) is 4.74 Å². The van der Waals surface area contributed by atoms with E-state index in [0.717, 1.165) is 18.0 Å². The van der Waals surface area contributed by atoms with Crippen LogP contribution in [0.25, 0.3) is 0 Å². The van der Waals surface area contributed by atoms with Crippen LogP contribution >= 0.6 is 0 Å². The Morgan fingerprint density at radius 2 is 2.47 bits per heavy atom. The highest BCUT2D eigenvalue weighted by Crippen LogP contribution is 2.16. The summed E-state index contributed by atoms with van der Waals surface area (Å²) in [5.41, 5.74) is 0. The molecule has 1 atom stereocenters. The number of ether oxygens (including phenoxy) is 1. The molecule has 1 fully saturated rings. The Morgan fingerprint density at radius 1 is 1.67 bits per heavy atom. The van der Waals surface area contributed by atoms with Crippen LogP contribution in [0.5, 0.6) is 0 Å². The second-order valence-electron chi connectivity index (χ2n) is 3.24. The van der Waals surface area contributed by atoms with Crippen molar-refractivity contribution in [1.82, 2.24) is 9.98 Å². The molecule has 0 unspecified atom stereocenters. The molecule has 8 nitrogen and oxygen atoms in total. The van der Waals surface area contributed by atoms with Crippen LogP contribution in [0.1, 0.15) is 13.3 Å². The van der Waals surface area contributed by atoms with Crippen LogP contribution in [0.15, 0.2) is 4.63 Å². The number of aliphatic hydroxyl groups excluding tert-OH is 1. The number of rotatable bonds is 5. The zero-order valence-corrected chi connectivity index (χ0v) is 8.33. The Kier molecular flexibility index (Phi) is 2.58. The van der Waals surface area contributed by atoms with Crippen molar-refractivity contribution in [2.75, 3.05) is 25.0 Å². The van der Waals surface area contributed by atoms with Crippen LogP contribution in [0.2, 0.25) is 0 Å². The molecular weight excluding hydrogens is 206 g/mol. The van der Waals surface area contributed by atoms with Crippen LogP contribution in [-0.4, -0.2) is 47.0 Å². The highest BCUT2D eigenvalue weighted by atomic mass is 17.0. The zero-order valence-electron chi connectivity index (χ0n) is 8.33. The number of aromatic nitrogens is 2. The minimum absolute atomic E-state index is 0.0762. The van der Waals surface area contributed by atoms with Gasteiger partial charge in [0.15, 0.2) is 0 Å². The summed E-state index contributed by atoms with van der Waals surface area (Å²) in [5, 5.41) is 11.8. The van der Waals surface area contributed by atoms with Crippen molar-refractivity contribution >= 4 is 5.97 Å². The second-order valence-corrected chi connectivity index (χ2v) is 3.24. The predicted molar refractivity (Wildman–Crippen MR) is 46.5 cm³/mol.